The number of alkyl halides is 1. The van der Waals surface area contributed by atoms with Crippen molar-refractivity contribution in [2.24, 2.45) is 5.92 Å². The highest BCUT2D eigenvalue weighted by Gasteiger charge is 2.13. The number of ether oxygens (including phenoxy) is 3. The summed E-state index contributed by atoms with van der Waals surface area (Å²) in [7, 11) is 0. The summed E-state index contributed by atoms with van der Waals surface area (Å²) in [6.45, 7) is 3.19. The van der Waals surface area contributed by atoms with Crippen LogP contribution >= 0.6 is 11.6 Å². The maximum atomic E-state index is 5.69. The molecule has 2 rings (SSSR count). The third-order valence-electron chi connectivity index (χ3n) is 2.83. The van der Waals surface area contributed by atoms with Gasteiger partial charge in [0.25, 0.3) is 0 Å². The number of hydrogen-bond donors (Lipinski definition) is 0. The Bertz CT molecular complexity index is 368. The molecule has 1 aromatic carbocycles. The molecule has 1 atom stereocenters. The smallest absolute Gasteiger partial charge is 0.231 e. The van der Waals surface area contributed by atoms with Crippen LogP contribution in [0.3, 0.4) is 0 Å². The van der Waals surface area contributed by atoms with Crippen LogP contribution in [-0.2, 0) is 0 Å². The number of benzene rings is 1. The summed E-state index contributed by atoms with van der Waals surface area (Å²) < 4.78 is 16.2. The average molecular weight is 257 g/mol. The van der Waals surface area contributed by atoms with Crippen molar-refractivity contribution in [3.63, 3.8) is 0 Å². The molecule has 1 heterocycles. The van der Waals surface area contributed by atoms with Gasteiger partial charge in [0.15, 0.2) is 11.5 Å². The highest BCUT2D eigenvalue weighted by molar-refractivity contribution is 6.17. The summed E-state index contributed by atoms with van der Waals surface area (Å²) in [5.74, 6) is 3.68. The van der Waals surface area contributed by atoms with E-state index in [0.29, 0.717) is 25.2 Å². The summed E-state index contributed by atoms with van der Waals surface area (Å²) in [6.07, 6.45) is 2.05. The summed E-state index contributed by atoms with van der Waals surface area (Å²) in [5, 5.41) is 0. The van der Waals surface area contributed by atoms with Gasteiger partial charge < -0.3 is 14.2 Å². The molecule has 0 spiro atoms. The summed E-state index contributed by atoms with van der Waals surface area (Å²) in [6, 6.07) is 5.65. The van der Waals surface area contributed by atoms with Crippen LogP contribution in [0.25, 0.3) is 0 Å². The van der Waals surface area contributed by atoms with Crippen molar-refractivity contribution >= 4 is 11.6 Å². The second-order valence-corrected chi connectivity index (χ2v) is 4.61. The quantitative estimate of drug-likeness (QED) is 0.730. The molecule has 1 aliphatic heterocycles. The minimum absolute atomic E-state index is 0.297. The molecule has 17 heavy (non-hydrogen) atoms. The standard InChI is InChI=1S/C13H17ClO3/c1-10(4-6-14)5-7-15-11-2-3-12-13(8-11)17-9-16-12/h2-3,8,10H,4-7,9H2,1H3. The summed E-state index contributed by atoms with van der Waals surface area (Å²) in [4.78, 5) is 0. The Morgan fingerprint density at radius 2 is 2.12 bits per heavy atom. The fraction of sp³-hybridized carbons (Fsp3) is 0.538. The lowest BCUT2D eigenvalue weighted by molar-refractivity contribution is 0.173. The Hall–Kier alpha value is -1.09. The van der Waals surface area contributed by atoms with Gasteiger partial charge in [0.05, 0.1) is 6.61 Å². The number of hydrogen-bond acceptors (Lipinski definition) is 3. The Labute approximate surface area is 107 Å². The van der Waals surface area contributed by atoms with E-state index in [0.717, 1.165) is 30.1 Å². The molecule has 0 saturated heterocycles. The predicted molar refractivity (Wildman–Crippen MR) is 67.2 cm³/mol. The van der Waals surface area contributed by atoms with Crippen molar-refractivity contribution in [3.8, 4) is 17.2 Å². The normalized spacial score (nSPS) is 14.7. The van der Waals surface area contributed by atoms with E-state index in [4.69, 9.17) is 25.8 Å². The molecule has 0 aliphatic carbocycles. The van der Waals surface area contributed by atoms with Crippen LogP contribution in [0.4, 0.5) is 0 Å². The van der Waals surface area contributed by atoms with Gasteiger partial charge >= 0.3 is 0 Å². The molecule has 0 aromatic heterocycles. The van der Waals surface area contributed by atoms with Crippen LogP contribution in [0.2, 0.25) is 0 Å². The van der Waals surface area contributed by atoms with Crippen molar-refractivity contribution in [2.45, 2.75) is 19.8 Å². The minimum atomic E-state index is 0.297. The molecule has 1 unspecified atom stereocenters. The van der Waals surface area contributed by atoms with Gasteiger partial charge in [0.2, 0.25) is 6.79 Å². The van der Waals surface area contributed by atoms with Gasteiger partial charge in [-0.15, -0.1) is 11.6 Å². The zero-order valence-corrected chi connectivity index (χ0v) is 10.7. The van der Waals surface area contributed by atoms with Gasteiger partial charge in [-0.1, -0.05) is 6.92 Å². The van der Waals surface area contributed by atoms with E-state index < -0.39 is 0 Å². The molecule has 0 amide bonds. The van der Waals surface area contributed by atoms with Gasteiger partial charge in [0.1, 0.15) is 5.75 Å². The van der Waals surface area contributed by atoms with E-state index in [1.807, 2.05) is 18.2 Å². The molecule has 94 valence electrons. The summed E-state index contributed by atoms with van der Waals surface area (Å²) in [5.41, 5.74) is 0. The SMILES string of the molecule is CC(CCCl)CCOc1ccc2c(c1)OCO2. The topological polar surface area (TPSA) is 27.7 Å². The zero-order chi connectivity index (χ0) is 12.1. The van der Waals surface area contributed by atoms with E-state index in [9.17, 15) is 0 Å². The van der Waals surface area contributed by atoms with E-state index in [1.165, 1.54) is 0 Å². The Morgan fingerprint density at radius 3 is 2.94 bits per heavy atom. The lowest BCUT2D eigenvalue weighted by Crippen LogP contribution is -2.04. The zero-order valence-electron chi connectivity index (χ0n) is 9.95. The summed E-state index contributed by atoms with van der Waals surface area (Å²) >= 11 is 5.69. The van der Waals surface area contributed by atoms with Crippen LogP contribution in [-0.4, -0.2) is 19.3 Å². The van der Waals surface area contributed by atoms with E-state index in [2.05, 4.69) is 6.92 Å². The molecule has 3 nitrogen and oxygen atoms in total. The molecule has 0 bridgehead atoms. The first kappa shape index (κ1) is 12.4. The number of halogens is 1. The second kappa shape index (κ2) is 6.01. The van der Waals surface area contributed by atoms with Crippen LogP contribution in [0.5, 0.6) is 17.2 Å². The van der Waals surface area contributed by atoms with Gasteiger partial charge in [-0.3, -0.25) is 0 Å². The highest BCUT2D eigenvalue weighted by Crippen LogP contribution is 2.35. The van der Waals surface area contributed by atoms with Gasteiger partial charge in [-0.2, -0.15) is 0 Å². The first-order chi connectivity index (χ1) is 8.29. The van der Waals surface area contributed by atoms with Crippen molar-refractivity contribution in [3.05, 3.63) is 18.2 Å². The molecule has 0 N–H and O–H groups in total. The van der Waals surface area contributed by atoms with Crippen molar-refractivity contribution in [2.75, 3.05) is 19.3 Å². The second-order valence-electron chi connectivity index (χ2n) is 4.24. The fourth-order valence-corrected chi connectivity index (χ4v) is 2.05. The predicted octanol–water partition coefficient (Wildman–Crippen LogP) is 3.45. The highest BCUT2D eigenvalue weighted by atomic mass is 35.5. The van der Waals surface area contributed by atoms with E-state index in [-0.39, 0.29) is 0 Å². The van der Waals surface area contributed by atoms with Gasteiger partial charge in [-0.25, -0.2) is 0 Å². The monoisotopic (exact) mass is 256 g/mol. The molecular weight excluding hydrogens is 240 g/mol. The third-order valence-corrected chi connectivity index (χ3v) is 3.04. The Balaban J connectivity index is 1.79. The van der Waals surface area contributed by atoms with Crippen molar-refractivity contribution in [1.82, 2.24) is 0 Å². The lowest BCUT2D eigenvalue weighted by Gasteiger charge is -2.11. The largest absolute Gasteiger partial charge is 0.493 e. The van der Waals surface area contributed by atoms with Crippen molar-refractivity contribution in [1.29, 1.82) is 0 Å². The van der Waals surface area contributed by atoms with Gasteiger partial charge in [-0.05, 0) is 30.9 Å². The average Bonchev–Trinajstić information content (AvgIpc) is 2.76. The van der Waals surface area contributed by atoms with Crippen LogP contribution in [0.15, 0.2) is 18.2 Å². The maximum Gasteiger partial charge on any atom is 0.231 e. The first-order valence-electron chi connectivity index (χ1n) is 5.88. The van der Waals surface area contributed by atoms with Gasteiger partial charge in [0, 0.05) is 11.9 Å². The van der Waals surface area contributed by atoms with Crippen LogP contribution in [0.1, 0.15) is 19.8 Å². The molecular formula is C13H17ClO3. The first-order valence-corrected chi connectivity index (χ1v) is 6.41. The van der Waals surface area contributed by atoms with E-state index in [1.54, 1.807) is 0 Å². The molecule has 0 fully saturated rings. The molecule has 0 saturated carbocycles. The minimum Gasteiger partial charge on any atom is -0.493 e. The lowest BCUT2D eigenvalue weighted by atomic mass is 10.1. The van der Waals surface area contributed by atoms with Crippen molar-refractivity contribution < 1.29 is 14.2 Å². The maximum absolute atomic E-state index is 5.69. The van der Waals surface area contributed by atoms with Crippen LogP contribution in [0, 0.1) is 5.92 Å². The Morgan fingerprint density at radius 1 is 1.29 bits per heavy atom. The van der Waals surface area contributed by atoms with Crippen LogP contribution < -0.4 is 14.2 Å². The number of rotatable bonds is 6. The fourth-order valence-electron chi connectivity index (χ4n) is 1.68. The molecule has 4 heteroatoms. The molecule has 0 radical (unpaired) electrons. The third kappa shape index (κ3) is 3.43. The Kier molecular flexibility index (Phi) is 4.37. The molecule has 1 aliphatic rings. The van der Waals surface area contributed by atoms with E-state index >= 15 is 0 Å². The molecule has 1 aromatic rings. The number of fused-ring (bicyclic) bond motifs is 1.